The van der Waals surface area contributed by atoms with E-state index < -0.39 is 20.8 Å². The summed E-state index contributed by atoms with van der Waals surface area (Å²) in [6.45, 7) is 2.24. The summed E-state index contributed by atoms with van der Waals surface area (Å²) in [5.41, 5.74) is 1.02. The number of rotatable bonds is 15. The summed E-state index contributed by atoms with van der Waals surface area (Å²) in [5, 5.41) is 11.8. The van der Waals surface area contributed by atoms with Crippen LogP contribution in [-0.2, 0) is 16.5 Å². The Labute approximate surface area is 236 Å². The Morgan fingerprint density at radius 2 is 1.41 bits per heavy atom. The third kappa shape index (κ3) is 11.6. The van der Waals surface area contributed by atoms with E-state index in [9.17, 15) is 18.1 Å². The van der Waals surface area contributed by atoms with Crippen molar-refractivity contribution in [1.29, 1.82) is 0 Å². The molecule has 7 heteroatoms. The first kappa shape index (κ1) is 29.6. The molecule has 0 aromatic heterocycles. The molecule has 172 valence electrons. The first-order valence-electron chi connectivity index (χ1n) is 11.5. The van der Waals surface area contributed by atoms with E-state index in [0.717, 1.165) is 37.0 Å². The zero-order valence-electron chi connectivity index (χ0n) is 19.5. The van der Waals surface area contributed by atoms with Gasteiger partial charge in [0.1, 0.15) is 11.5 Å². The topological polar surface area (TPSA) is 86.7 Å². The minimum Gasteiger partial charge on any atom is -0.872 e. The van der Waals surface area contributed by atoms with Crippen molar-refractivity contribution in [3.8, 4) is 17.2 Å². The maximum atomic E-state index is 11.8. The molecular formula is C25H35KO5S. The summed E-state index contributed by atoms with van der Waals surface area (Å²) in [6, 6.07) is 10.8. The van der Waals surface area contributed by atoms with Gasteiger partial charge in [0.15, 0.2) is 0 Å². The molecule has 0 saturated carbocycles. The molecule has 0 saturated heterocycles. The van der Waals surface area contributed by atoms with Gasteiger partial charge in [-0.1, -0.05) is 89.3 Å². The molecule has 0 atom stereocenters. The van der Waals surface area contributed by atoms with Crippen molar-refractivity contribution >= 4 is 10.1 Å². The van der Waals surface area contributed by atoms with Gasteiger partial charge in [-0.2, -0.15) is 8.42 Å². The van der Waals surface area contributed by atoms with E-state index in [4.69, 9.17) is 4.74 Å². The average molecular weight is 487 g/mol. The summed E-state index contributed by atoms with van der Waals surface area (Å²) in [7, 11) is -4.46. The molecule has 0 aliphatic heterocycles. The van der Waals surface area contributed by atoms with Crippen LogP contribution in [-0.4, -0.2) is 13.0 Å². The van der Waals surface area contributed by atoms with Gasteiger partial charge in [-0.25, -0.2) is 0 Å². The zero-order valence-corrected chi connectivity index (χ0v) is 23.5. The second-order valence-corrected chi connectivity index (χ2v) is 9.53. The predicted octanol–water partition coefficient (Wildman–Crippen LogP) is 3.66. The Balaban J connectivity index is 0.00000512. The third-order valence-electron chi connectivity index (χ3n) is 5.40. The molecule has 0 unspecified atom stereocenters. The van der Waals surface area contributed by atoms with Crippen LogP contribution in [0.25, 0.3) is 0 Å². The number of benzene rings is 2. The fraction of sp³-hybridized carbons (Fsp3) is 0.520. The van der Waals surface area contributed by atoms with Crippen LogP contribution in [0.4, 0.5) is 0 Å². The molecule has 32 heavy (non-hydrogen) atoms. The van der Waals surface area contributed by atoms with E-state index in [1.807, 2.05) is 18.2 Å². The monoisotopic (exact) mass is 486 g/mol. The van der Waals surface area contributed by atoms with Crippen molar-refractivity contribution in [1.82, 2.24) is 0 Å². The third-order valence-corrected chi connectivity index (χ3v) is 6.23. The van der Waals surface area contributed by atoms with Gasteiger partial charge >= 0.3 is 51.4 Å². The fourth-order valence-electron chi connectivity index (χ4n) is 3.67. The van der Waals surface area contributed by atoms with Crippen LogP contribution in [0, 0.1) is 0 Å². The summed E-state index contributed by atoms with van der Waals surface area (Å²) >= 11 is 0. The van der Waals surface area contributed by atoms with E-state index >= 15 is 0 Å². The Morgan fingerprint density at radius 3 is 2.00 bits per heavy atom. The molecule has 0 aliphatic rings. The molecule has 0 aliphatic carbocycles. The average Bonchev–Trinajstić information content (AvgIpc) is 2.72. The van der Waals surface area contributed by atoms with Gasteiger partial charge in [-0.05, 0) is 36.6 Å². The minimum absolute atomic E-state index is 0. The van der Waals surface area contributed by atoms with Gasteiger partial charge in [0.2, 0.25) is 0 Å². The first-order chi connectivity index (χ1) is 14.9. The molecular weight excluding hydrogens is 451 g/mol. The molecule has 0 spiro atoms. The van der Waals surface area contributed by atoms with Crippen molar-refractivity contribution in [3.63, 3.8) is 0 Å². The van der Waals surface area contributed by atoms with E-state index in [1.165, 1.54) is 63.9 Å². The fourth-order valence-corrected chi connectivity index (χ4v) is 4.20. The largest absolute Gasteiger partial charge is 1.00 e. The number of unbranched alkanes of at least 4 members (excludes halogenated alkanes) is 10. The Bertz CT molecular complexity index is 899. The van der Waals surface area contributed by atoms with E-state index in [-0.39, 0.29) is 57.1 Å². The predicted molar refractivity (Wildman–Crippen MR) is 122 cm³/mol. The molecule has 2 aromatic carbocycles. The van der Waals surface area contributed by atoms with Gasteiger partial charge in [0.25, 0.3) is 10.1 Å². The van der Waals surface area contributed by atoms with E-state index in [0.29, 0.717) is 5.75 Å². The number of ether oxygens (including phenoxy) is 1. The molecule has 0 bridgehead atoms. The van der Waals surface area contributed by atoms with Crippen molar-refractivity contribution < 1.29 is 74.2 Å². The Kier molecular flexibility index (Phi) is 15.0. The zero-order chi connectivity index (χ0) is 22.5. The number of aryl methyl sites for hydroxylation is 1. The first-order valence-corrected chi connectivity index (χ1v) is 12.9. The molecule has 0 amide bonds. The Hall–Kier alpha value is -0.414. The second kappa shape index (κ2) is 16.3. The standard InChI is InChI=1S/C25H36O5S.K/c1-2-3-4-5-6-7-8-9-10-11-12-15-21-16-13-14-17-25(21)30-23-18-22(26)19-24(20-23)31(27,28)29;/h13-14,16-20,26H,2-12,15H2,1H3,(H,27,28,29);/q;+1/p-1. The van der Waals surface area contributed by atoms with Gasteiger partial charge < -0.3 is 9.84 Å². The molecule has 0 radical (unpaired) electrons. The molecule has 2 aromatic rings. The number of hydrogen-bond acceptors (Lipinski definition) is 4. The van der Waals surface area contributed by atoms with Crippen molar-refractivity contribution in [2.75, 3.05) is 0 Å². The smallest absolute Gasteiger partial charge is 0.872 e. The molecule has 2 rings (SSSR count). The summed E-state index contributed by atoms with van der Waals surface area (Å²) in [6.07, 6.45) is 15.0. The van der Waals surface area contributed by atoms with Crippen LogP contribution in [0.15, 0.2) is 47.4 Å². The van der Waals surface area contributed by atoms with Crippen molar-refractivity contribution in [3.05, 3.63) is 48.0 Å². The molecule has 0 heterocycles. The van der Waals surface area contributed by atoms with Crippen LogP contribution in [0.3, 0.4) is 0 Å². The van der Waals surface area contributed by atoms with E-state index in [1.54, 1.807) is 6.07 Å². The van der Waals surface area contributed by atoms with E-state index in [2.05, 4.69) is 6.92 Å². The van der Waals surface area contributed by atoms with Crippen LogP contribution in [0.1, 0.15) is 83.1 Å². The van der Waals surface area contributed by atoms with Gasteiger partial charge in [0, 0.05) is 6.07 Å². The maximum absolute atomic E-state index is 11.8. The summed E-state index contributed by atoms with van der Waals surface area (Å²) < 4.78 is 37.7. The quantitative estimate of drug-likeness (QED) is 0.236. The van der Waals surface area contributed by atoms with Crippen LogP contribution in [0.2, 0.25) is 0 Å². The minimum atomic E-state index is -4.46. The van der Waals surface area contributed by atoms with Gasteiger partial charge in [0.05, 0.1) is 4.90 Å². The van der Waals surface area contributed by atoms with Gasteiger partial charge in [-0.3, -0.25) is 4.55 Å². The van der Waals surface area contributed by atoms with Crippen LogP contribution < -0.4 is 61.2 Å². The molecule has 1 N–H and O–H groups in total. The van der Waals surface area contributed by atoms with Crippen LogP contribution >= 0.6 is 0 Å². The van der Waals surface area contributed by atoms with Crippen molar-refractivity contribution in [2.24, 2.45) is 0 Å². The van der Waals surface area contributed by atoms with Crippen LogP contribution in [0.5, 0.6) is 17.2 Å². The Morgan fingerprint density at radius 1 is 0.844 bits per heavy atom. The van der Waals surface area contributed by atoms with Crippen molar-refractivity contribution in [2.45, 2.75) is 88.9 Å². The summed E-state index contributed by atoms with van der Waals surface area (Å²) in [4.78, 5) is -0.460. The van der Waals surface area contributed by atoms with Gasteiger partial charge in [-0.15, -0.1) is 5.75 Å². The number of para-hydroxylation sites is 1. The molecule has 5 nitrogen and oxygen atoms in total. The normalized spacial score (nSPS) is 11.2. The maximum Gasteiger partial charge on any atom is 1.00 e. The SMILES string of the molecule is CCCCCCCCCCCCCc1ccccc1Oc1cc([O-])cc(S(=O)(=O)O)c1.[K+]. The second-order valence-electron chi connectivity index (χ2n) is 8.11. The molecule has 0 fully saturated rings. The number of hydrogen-bond donors (Lipinski definition) is 1. The summed E-state index contributed by atoms with van der Waals surface area (Å²) in [5.74, 6) is 0.168.